The molecule has 5 saturated heterocycles. The van der Waals surface area contributed by atoms with Crippen LogP contribution in [-0.4, -0.2) is 73.2 Å². The van der Waals surface area contributed by atoms with Crippen molar-refractivity contribution in [2.45, 2.75) is 126 Å². The first-order chi connectivity index (χ1) is 25.1. The van der Waals surface area contributed by atoms with Crippen molar-refractivity contribution in [3.8, 4) is 0 Å². The third-order valence-electron chi connectivity index (χ3n) is 15.4. The van der Waals surface area contributed by atoms with Crippen molar-refractivity contribution in [1.82, 2.24) is 42.5 Å². The van der Waals surface area contributed by atoms with E-state index < -0.39 is 71.7 Å². The quantitative estimate of drug-likeness (QED) is 0.123. The molecule has 54 heavy (non-hydrogen) atoms. The van der Waals surface area contributed by atoms with Gasteiger partial charge in [0, 0.05) is 59.4 Å². The Morgan fingerprint density at radius 3 is 0.704 bits per heavy atom. The minimum atomic E-state index is -2.20. The maximum absolute atomic E-state index is 13.0. The zero-order chi connectivity index (χ0) is 36.0. The fourth-order valence-corrected chi connectivity index (χ4v) is 13.4. The van der Waals surface area contributed by atoms with Crippen LogP contribution in [0.1, 0.15) is 77.0 Å². The van der Waals surface area contributed by atoms with Crippen molar-refractivity contribution in [1.29, 1.82) is 0 Å². The van der Waals surface area contributed by atoms with E-state index in [1.165, 1.54) is 12.8 Å². The molecule has 0 amide bonds. The Bertz CT molecular complexity index is 1350. The average molecular weight is 835 g/mol. The van der Waals surface area contributed by atoms with Gasteiger partial charge in [-0.2, -0.15) is 0 Å². The van der Waals surface area contributed by atoms with Crippen LogP contribution in [0.15, 0.2) is 0 Å². The summed E-state index contributed by atoms with van der Waals surface area (Å²) in [5.74, 6) is -16.1. The topological polar surface area (TPSA) is 257 Å². The summed E-state index contributed by atoms with van der Waals surface area (Å²) < 4.78 is 0. The predicted octanol–water partition coefficient (Wildman–Crippen LogP) is -5.50. The molecule has 8 N–H and O–H groups in total. The van der Waals surface area contributed by atoms with E-state index in [0.29, 0.717) is 11.8 Å². The molecule has 9 fully saturated rings. The number of hydrogen-bond acceptors (Lipinski definition) is 16. The molecule has 5 aliphatic heterocycles. The standard InChI is InChI=1S/C36H56N8O8.2Mn/c45-33(46)21-19-20(22(34(47)48)24(36(51)52)23(21)35(49)50)32-43-30-18-12-6-4-10-16(18)28(41-30)39-26-14-8-2-1-7-13(14)25(37-26)38-27-15-9-3-5-11-17(15)29(40-27)42-31(19)44-32;;/h13-32,37-44H,1-12H2,(H,45,46)(H,47,48)(H,49,50)(H,51,52);;/q;2*+2/p-4. The van der Waals surface area contributed by atoms with E-state index in [1.54, 1.807) is 0 Å². The Kier molecular flexibility index (Phi) is 12.2. The summed E-state index contributed by atoms with van der Waals surface area (Å²) in [6, 6.07) is 0. The molecular formula is C36H52Mn2N8O8. The number of aliphatic carboxylic acids is 4. The molecule has 9 aliphatic rings. The van der Waals surface area contributed by atoms with E-state index in [9.17, 15) is 39.6 Å². The molecule has 2 radical (unpaired) electrons. The van der Waals surface area contributed by atoms with Crippen LogP contribution in [0.25, 0.3) is 0 Å². The van der Waals surface area contributed by atoms with Crippen molar-refractivity contribution < 1.29 is 73.7 Å². The number of fused-ring (bicyclic) bond motifs is 20. The smallest absolute Gasteiger partial charge is 0.550 e. The largest absolute Gasteiger partial charge is 2.00 e. The van der Waals surface area contributed by atoms with E-state index in [-0.39, 0.29) is 94.8 Å². The van der Waals surface area contributed by atoms with Gasteiger partial charge in [0.2, 0.25) is 0 Å². The number of rotatable bonds is 4. The van der Waals surface area contributed by atoms with Crippen LogP contribution in [0.3, 0.4) is 0 Å². The van der Waals surface area contributed by atoms with Crippen molar-refractivity contribution in [2.24, 2.45) is 71.0 Å². The number of carbonyl (C=O) groups is 4. The molecule has 16 nitrogen and oxygen atoms in total. The predicted molar refractivity (Wildman–Crippen MR) is 173 cm³/mol. The van der Waals surface area contributed by atoms with Gasteiger partial charge in [0.1, 0.15) is 0 Å². The Morgan fingerprint density at radius 1 is 0.315 bits per heavy atom. The summed E-state index contributed by atoms with van der Waals surface area (Å²) in [7, 11) is 0. The number of carboxylic acid groups (broad SMARTS) is 4. The Balaban J connectivity index is 0.00000225. The molecule has 298 valence electrons. The van der Waals surface area contributed by atoms with Gasteiger partial charge in [-0.25, -0.2) is 0 Å². The molecule has 4 saturated carbocycles. The molecule has 0 aromatic rings. The average Bonchev–Trinajstić information content (AvgIpc) is 3.86. The van der Waals surface area contributed by atoms with Gasteiger partial charge in [0.15, 0.2) is 0 Å². The molecular weight excluding hydrogens is 782 g/mol. The molecule has 0 aromatic heterocycles. The van der Waals surface area contributed by atoms with Crippen LogP contribution in [0, 0.1) is 71.0 Å². The summed E-state index contributed by atoms with van der Waals surface area (Å²) >= 11 is 0. The number of hydrogen-bond donors (Lipinski definition) is 8. The monoisotopic (exact) mass is 834 g/mol. The molecule has 0 spiro atoms. The summed E-state index contributed by atoms with van der Waals surface area (Å²) in [6.07, 6.45) is 10.5. The maximum Gasteiger partial charge on any atom is 2.00 e. The first kappa shape index (κ1) is 40.8. The number of carbonyl (C=O) groups excluding carboxylic acids is 4. The van der Waals surface area contributed by atoms with Crippen LogP contribution in [0.2, 0.25) is 0 Å². The van der Waals surface area contributed by atoms with Crippen LogP contribution in [0.4, 0.5) is 0 Å². The van der Waals surface area contributed by atoms with Crippen LogP contribution < -0.4 is 63.0 Å². The van der Waals surface area contributed by atoms with Gasteiger partial charge < -0.3 is 39.6 Å². The first-order valence-electron chi connectivity index (χ1n) is 20.0. The van der Waals surface area contributed by atoms with Crippen LogP contribution in [-0.2, 0) is 53.3 Å². The van der Waals surface area contributed by atoms with Gasteiger partial charge in [0.25, 0.3) is 0 Å². The Hall–Kier alpha value is -1.40. The van der Waals surface area contributed by atoms with E-state index >= 15 is 0 Å². The minimum Gasteiger partial charge on any atom is -0.550 e. The second-order valence-corrected chi connectivity index (χ2v) is 17.5. The molecule has 0 aromatic carbocycles. The Labute approximate surface area is 336 Å². The first-order valence-corrected chi connectivity index (χ1v) is 20.0. The number of nitrogens with one attached hydrogen (secondary N) is 8. The molecule has 20 unspecified atom stereocenters. The van der Waals surface area contributed by atoms with E-state index in [1.807, 2.05) is 0 Å². The van der Waals surface area contributed by atoms with E-state index in [4.69, 9.17) is 0 Å². The van der Waals surface area contributed by atoms with Gasteiger partial charge >= 0.3 is 34.1 Å². The van der Waals surface area contributed by atoms with Crippen molar-refractivity contribution in [3.63, 3.8) is 0 Å². The maximum atomic E-state index is 13.0. The Morgan fingerprint density at radius 2 is 0.500 bits per heavy atom. The van der Waals surface area contributed by atoms with Crippen molar-refractivity contribution in [3.05, 3.63) is 0 Å². The van der Waals surface area contributed by atoms with Crippen molar-refractivity contribution in [2.75, 3.05) is 0 Å². The summed E-state index contributed by atoms with van der Waals surface area (Å²) in [5, 5.41) is 81.6. The molecule has 20 atom stereocenters. The number of carboxylic acids is 4. The molecule has 5 heterocycles. The normalized spacial score (nSPS) is 50.5. The summed E-state index contributed by atoms with van der Waals surface area (Å²) in [4.78, 5) is 51.3. The summed E-state index contributed by atoms with van der Waals surface area (Å²) in [5.41, 5.74) is 0. The zero-order valence-electron chi connectivity index (χ0n) is 30.1. The van der Waals surface area contributed by atoms with Crippen LogP contribution in [0.5, 0.6) is 0 Å². The molecule has 8 bridgehead atoms. The molecule has 9 rings (SSSR count). The van der Waals surface area contributed by atoms with Gasteiger partial charge in [-0.15, -0.1) is 0 Å². The SMILES string of the molecule is O=C([O-])C1C(C(=O)[O-])C(C(=O)[O-])C2C3NC4NC(NC5NC(NC6NC(NC(N3)C2C1C(=O)[O-])C1CCCCC61)C1CCCCC51)C1CCCCC41.[Mn+2].[Mn+2]. The second kappa shape index (κ2) is 16.1. The summed E-state index contributed by atoms with van der Waals surface area (Å²) in [6.45, 7) is 0. The van der Waals surface area contributed by atoms with Crippen LogP contribution >= 0.6 is 0 Å². The third-order valence-corrected chi connectivity index (χ3v) is 15.4. The molecule has 18 heteroatoms. The second-order valence-electron chi connectivity index (χ2n) is 17.5. The minimum absolute atomic E-state index is 0. The third kappa shape index (κ3) is 6.77. The fraction of sp³-hybridized carbons (Fsp3) is 0.889. The zero-order valence-corrected chi connectivity index (χ0v) is 32.4. The van der Waals surface area contributed by atoms with Crippen molar-refractivity contribution >= 4 is 23.9 Å². The van der Waals surface area contributed by atoms with E-state index in [0.717, 1.165) is 64.2 Å². The fourth-order valence-electron chi connectivity index (χ4n) is 13.4. The van der Waals surface area contributed by atoms with Gasteiger partial charge in [0.05, 0.1) is 49.3 Å². The van der Waals surface area contributed by atoms with E-state index in [2.05, 4.69) is 42.5 Å². The van der Waals surface area contributed by atoms with Gasteiger partial charge in [-0.05, 0) is 74.0 Å². The molecule has 4 aliphatic carbocycles. The van der Waals surface area contributed by atoms with Gasteiger partial charge in [-0.3, -0.25) is 42.5 Å². The van der Waals surface area contributed by atoms with Gasteiger partial charge in [-0.1, -0.05) is 38.5 Å².